The fourth-order valence-corrected chi connectivity index (χ4v) is 2.53. The van der Waals surface area contributed by atoms with E-state index in [1.54, 1.807) is 6.26 Å². The van der Waals surface area contributed by atoms with Crippen molar-refractivity contribution in [3.8, 4) is 0 Å². The summed E-state index contributed by atoms with van der Waals surface area (Å²) in [5.74, 6) is -0.00580. The molecule has 1 N–H and O–H groups in total. The van der Waals surface area contributed by atoms with Crippen LogP contribution in [0.5, 0.6) is 0 Å². The van der Waals surface area contributed by atoms with Crippen LogP contribution in [0.1, 0.15) is 30.2 Å². The first kappa shape index (κ1) is 12.9. The molecule has 0 amide bonds. The molecule has 1 atom stereocenters. The van der Waals surface area contributed by atoms with Crippen molar-refractivity contribution in [1.29, 1.82) is 0 Å². The molecule has 2 aromatic rings. The Labute approximate surface area is 117 Å². The molecule has 1 aliphatic rings. The molecule has 0 radical (unpaired) electrons. The van der Waals surface area contributed by atoms with E-state index < -0.39 is 12.0 Å². The number of rotatable bonds is 6. The van der Waals surface area contributed by atoms with Crippen molar-refractivity contribution in [3.63, 3.8) is 0 Å². The molecule has 1 saturated carbocycles. The van der Waals surface area contributed by atoms with Crippen LogP contribution in [0.3, 0.4) is 0 Å². The van der Waals surface area contributed by atoms with Gasteiger partial charge in [-0.25, -0.2) is 0 Å². The van der Waals surface area contributed by atoms with Gasteiger partial charge in [0.25, 0.3) is 0 Å². The lowest BCUT2D eigenvalue weighted by Crippen LogP contribution is -2.35. The summed E-state index contributed by atoms with van der Waals surface area (Å²) in [4.78, 5) is 13.8. The van der Waals surface area contributed by atoms with Gasteiger partial charge >= 0.3 is 5.97 Å². The number of hydrogen-bond acceptors (Lipinski definition) is 3. The highest BCUT2D eigenvalue weighted by atomic mass is 16.4. The third-order valence-corrected chi connectivity index (χ3v) is 3.62. The van der Waals surface area contributed by atoms with Gasteiger partial charge in [-0.3, -0.25) is 9.69 Å². The smallest absolute Gasteiger partial charge is 0.325 e. The fraction of sp³-hybridized carbons (Fsp3) is 0.312. The molecule has 20 heavy (non-hydrogen) atoms. The summed E-state index contributed by atoms with van der Waals surface area (Å²) in [5.41, 5.74) is 0.818. The van der Waals surface area contributed by atoms with Gasteiger partial charge in [0, 0.05) is 6.04 Å². The predicted octanol–water partition coefficient (Wildman–Crippen LogP) is 3.07. The van der Waals surface area contributed by atoms with Gasteiger partial charge in [0.1, 0.15) is 11.8 Å². The van der Waals surface area contributed by atoms with Crippen LogP contribution in [0.15, 0.2) is 53.1 Å². The van der Waals surface area contributed by atoms with Gasteiger partial charge in [-0.05, 0) is 30.5 Å². The largest absolute Gasteiger partial charge is 0.480 e. The lowest BCUT2D eigenvalue weighted by molar-refractivity contribution is -0.144. The average Bonchev–Trinajstić information content (AvgIpc) is 3.17. The maximum atomic E-state index is 11.7. The van der Waals surface area contributed by atoms with E-state index in [0.29, 0.717) is 12.6 Å². The number of benzene rings is 1. The summed E-state index contributed by atoms with van der Waals surface area (Å²) in [6, 6.07) is 12.8. The highest BCUT2D eigenvalue weighted by Gasteiger charge is 2.38. The van der Waals surface area contributed by atoms with E-state index in [-0.39, 0.29) is 0 Å². The summed E-state index contributed by atoms with van der Waals surface area (Å²) in [5, 5.41) is 9.63. The number of carbonyl (C=O) groups is 1. The minimum absolute atomic E-state index is 0.335. The molecule has 1 aromatic carbocycles. The molecule has 0 spiro atoms. The van der Waals surface area contributed by atoms with Crippen LogP contribution in [0.4, 0.5) is 0 Å². The molecule has 3 rings (SSSR count). The molecule has 1 heterocycles. The van der Waals surface area contributed by atoms with Crippen LogP contribution in [-0.2, 0) is 11.3 Å². The molecule has 1 unspecified atom stereocenters. The Kier molecular flexibility index (Phi) is 3.56. The van der Waals surface area contributed by atoms with Crippen LogP contribution >= 0.6 is 0 Å². The molecular formula is C16H17NO3. The molecule has 0 saturated heterocycles. The third-order valence-electron chi connectivity index (χ3n) is 3.62. The summed E-state index contributed by atoms with van der Waals surface area (Å²) in [6.07, 6.45) is 3.73. The van der Waals surface area contributed by atoms with Gasteiger partial charge in [0.15, 0.2) is 0 Å². The van der Waals surface area contributed by atoms with Gasteiger partial charge in [-0.1, -0.05) is 30.3 Å². The lowest BCUT2D eigenvalue weighted by atomic mass is 10.0. The topological polar surface area (TPSA) is 53.7 Å². The zero-order valence-corrected chi connectivity index (χ0v) is 11.1. The molecule has 1 fully saturated rings. The Balaban J connectivity index is 1.88. The van der Waals surface area contributed by atoms with Gasteiger partial charge < -0.3 is 9.52 Å². The second kappa shape index (κ2) is 5.51. The first-order chi connectivity index (χ1) is 9.75. The standard InChI is InChI=1S/C16H17NO3/c18-16(19)15(12-5-2-1-3-6-12)17(13-8-9-13)11-14-7-4-10-20-14/h1-7,10,13,15H,8-9,11H2,(H,18,19). The minimum atomic E-state index is -0.811. The number of hydrogen-bond donors (Lipinski definition) is 1. The van der Waals surface area contributed by atoms with Crippen LogP contribution in [0, 0.1) is 0 Å². The van der Waals surface area contributed by atoms with Crippen molar-refractivity contribution >= 4 is 5.97 Å². The van der Waals surface area contributed by atoms with E-state index in [0.717, 1.165) is 24.2 Å². The Morgan fingerprint density at radius 2 is 2.00 bits per heavy atom. The Morgan fingerprint density at radius 1 is 1.25 bits per heavy atom. The first-order valence-corrected chi connectivity index (χ1v) is 6.81. The van der Waals surface area contributed by atoms with Crippen molar-refractivity contribution in [1.82, 2.24) is 4.90 Å². The molecule has 4 heteroatoms. The molecule has 1 aliphatic carbocycles. The molecule has 104 valence electrons. The fourth-order valence-electron chi connectivity index (χ4n) is 2.53. The summed E-state index contributed by atoms with van der Waals surface area (Å²) in [7, 11) is 0. The number of aliphatic carboxylic acids is 1. The second-order valence-electron chi connectivity index (χ2n) is 5.13. The van der Waals surface area contributed by atoms with E-state index in [2.05, 4.69) is 0 Å². The molecule has 0 bridgehead atoms. The van der Waals surface area contributed by atoms with Crippen LogP contribution in [0.2, 0.25) is 0 Å². The van der Waals surface area contributed by atoms with Gasteiger partial charge in [-0.2, -0.15) is 0 Å². The third kappa shape index (κ3) is 2.75. The molecule has 0 aliphatic heterocycles. The Morgan fingerprint density at radius 3 is 2.55 bits per heavy atom. The van der Waals surface area contributed by atoms with Gasteiger partial charge in [0.05, 0.1) is 12.8 Å². The van der Waals surface area contributed by atoms with E-state index in [1.165, 1.54) is 0 Å². The summed E-state index contributed by atoms with van der Waals surface area (Å²) < 4.78 is 5.37. The first-order valence-electron chi connectivity index (χ1n) is 6.81. The maximum Gasteiger partial charge on any atom is 0.325 e. The van der Waals surface area contributed by atoms with Crippen molar-refractivity contribution in [2.45, 2.75) is 31.5 Å². The number of carboxylic acids is 1. The van der Waals surface area contributed by atoms with E-state index in [1.807, 2.05) is 47.4 Å². The second-order valence-corrected chi connectivity index (χ2v) is 5.13. The minimum Gasteiger partial charge on any atom is -0.480 e. The summed E-state index contributed by atoms with van der Waals surface area (Å²) >= 11 is 0. The number of nitrogens with zero attached hydrogens (tertiary/aromatic N) is 1. The quantitative estimate of drug-likeness (QED) is 0.877. The summed E-state index contributed by atoms with van der Waals surface area (Å²) in [6.45, 7) is 0.531. The Bertz CT molecular complexity index is 561. The van der Waals surface area contributed by atoms with Crippen molar-refractivity contribution < 1.29 is 14.3 Å². The number of furan rings is 1. The molecule has 1 aromatic heterocycles. The number of carboxylic acid groups (broad SMARTS) is 1. The van der Waals surface area contributed by atoms with Gasteiger partial charge in [-0.15, -0.1) is 0 Å². The maximum absolute atomic E-state index is 11.7. The van der Waals surface area contributed by atoms with E-state index in [4.69, 9.17) is 4.42 Å². The van der Waals surface area contributed by atoms with Gasteiger partial charge in [0.2, 0.25) is 0 Å². The van der Waals surface area contributed by atoms with Crippen LogP contribution in [0.25, 0.3) is 0 Å². The molecule has 4 nitrogen and oxygen atoms in total. The monoisotopic (exact) mass is 271 g/mol. The molecular weight excluding hydrogens is 254 g/mol. The van der Waals surface area contributed by atoms with E-state index >= 15 is 0 Å². The highest BCUT2D eigenvalue weighted by Crippen LogP contribution is 2.36. The van der Waals surface area contributed by atoms with E-state index in [9.17, 15) is 9.90 Å². The lowest BCUT2D eigenvalue weighted by Gasteiger charge is -2.28. The zero-order valence-electron chi connectivity index (χ0n) is 11.1. The normalized spacial score (nSPS) is 16.2. The van der Waals surface area contributed by atoms with Crippen molar-refractivity contribution in [2.24, 2.45) is 0 Å². The SMILES string of the molecule is O=C(O)C(c1ccccc1)N(Cc1ccco1)C1CC1. The Hall–Kier alpha value is -2.07. The highest BCUT2D eigenvalue weighted by molar-refractivity contribution is 5.75. The van der Waals surface area contributed by atoms with Crippen molar-refractivity contribution in [3.05, 3.63) is 60.1 Å². The van der Waals surface area contributed by atoms with Crippen molar-refractivity contribution in [2.75, 3.05) is 0 Å². The average molecular weight is 271 g/mol. The predicted molar refractivity (Wildman–Crippen MR) is 74.1 cm³/mol. The zero-order chi connectivity index (χ0) is 13.9. The van der Waals surface area contributed by atoms with Crippen LogP contribution < -0.4 is 0 Å². The van der Waals surface area contributed by atoms with Crippen LogP contribution in [-0.4, -0.2) is 22.0 Å².